The van der Waals surface area contributed by atoms with Gasteiger partial charge in [0.15, 0.2) is 0 Å². The van der Waals surface area contributed by atoms with Crippen LogP contribution in [0.2, 0.25) is 0 Å². The van der Waals surface area contributed by atoms with E-state index in [-0.39, 0.29) is 0 Å². The van der Waals surface area contributed by atoms with Gasteiger partial charge < -0.3 is 10.4 Å². The lowest BCUT2D eigenvalue weighted by Gasteiger charge is -2.14. The lowest BCUT2D eigenvalue weighted by atomic mass is 10.0. The average Bonchev–Trinajstić information content (AvgIpc) is 2.62. The number of hydrogen-bond acceptors (Lipinski definition) is 2. The van der Waals surface area contributed by atoms with Gasteiger partial charge in [-0.25, -0.2) is 0 Å². The van der Waals surface area contributed by atoms with E-state index in [1.54, 1.807) is 6.92 Å². The number of nitrogens with one attached hydrogen (secondary N) is 1. The Morgan fingerprint density at radius 2 is 1.46 bits per heavy atom. The van der Waals surface area contributed by atoms with Crippen molar-refractivity contribution in [2.45, 2.75) is 19.2 Å². The molecule has 2 N–H and O–H groups in total. The normalized spacial score (nSPS) is 12.7. The molecule has 0 saturated carbocycles. The highest BCUT2D eigenvalue weighted by molar-refractivity contribution is 5.81. The van der Waals surface area contributed by atoms with Gasteiger partial charge >= 0.3 is 6.18 Å². The molecule has 0 bridgehead atoms. The Morgan fingerprint density at radius 1 is 0.846 bits per heavy atom. The van der Waals surface area contributed by atoms with Gasteiger partial charge in [0, 0.05) is 16.9 Å². The van der Waals surface area contributed by atoms with E-state index in [0.29, 0.717) is 5.69 Å². The van der Waals surface area contributed by atoms with E-state index >= 15 is 0 Å². The summed E-state index contributed by atoms with van der Waals surface area (Å²) in [5.41, 5.74) is 3.38. The first kappa shape index (κ1) is 18.0. The molecular formula is C21H18F3NO. The summed E-state index contributed by atoms with van der Waals surface area (Å²) >= 11 is 0. The van der Waals surface area contributed by atoms with Gasteiger partial charge in [0.25, 0.3) is 0 Å². The van der Waals surface area contributed by atoms with Crippen LogP contribution in [0.1, 0.15) is 24.2 Å². The summed E-state index contributed by atoms with van der Waals surface area (Å²) in [5, 5.41) is 12.8. The molecule has 0 amide bonds. The van der Waals surface area contributed by atoms with Crippen molar-refractivity contribution in [3.05, 3.63) is 83.9 Å². The van der Waals surface area contributed by atoms with Crippen molar-refractivity contribution in [1.82, 2.24) is 0 Å². The molecule has 0 aliphatic carbocycles. The number of hydrogen-bond donors (Lipinski definition) is 2. The SMILES string of the molecule is CC(O)c1ccc(-c2ccccc2Nc2ccc(C(F)(F)F)cc2)cc1. The minimum atomic E-state index is -4.35. The van der Waals surface area contributed by atoms with Crippen molar-refractivity contribution < 1.29 is 18.3 Å². The standard InChI is InChI=1S/C21H18F3NO/c1-14(26)15-6-8-16(9-7-15)19-4-2-3-5-20(19)25-18-12-10-17(11-13-18)21(22,23)24/h2-14,25-26H,1H3. The predicted molar refractivity (Wildman–Crippen MR) is 97.2 cm³/mol. The van der Waals surface area contributed by atoms with E-state index in [4.69, 9.17) is 0 Å². The minimum absolute atomic E-state index is 0.537. The number of alkyl halides is 3. The number of anilines is 2. The zero-order valence-electron chi connectivity index (χ0n) is 14.1. The number of aliphatic hydroxyl groups is 1. The Hall–Kier alpha value is -2.79. The fraction of sp³-hybridized carbons (Fsp3) is 0.143. The van der Waals surface area contributed by atoms with Crippen LogP contribution in [0.4, 0.5) is 24.5 Å². The molecule has 0 aliphatic heterocycles. The molecule has 3 aromatic rings. The van der Waals surface area contributed by atoms with E-state index in [9.17, 15) is 18.3 Å². The molecule has 0 aromatic heterocycles. The Balaban J connectivity index is 1.88. The van der Waals surface area contributed by atoms with Crippen molar-refractivity contribution in [1.29, 1.82) is 0 Å². The molecule has 1 unspecified atom stereocenters. The highest BCUT2D eigenvalue weighted by Crippen LogP contribution is 2.33. The van der Waals surface area contributed by atoms with Crippen LogP contribution in [0.25, 0.3) is 11.1 Å². The van der Waals surface area contributed by atoms with E-state index in [0.717, 1.165) is 34.5 Å². The summed E-state index contributed by atoms with van der Waals surface area (Å²) in [6.07, 6.45) is -4.88. The van der Waals surface area contributed by atoms with Crippen LogP contribution in [0.5, 0.6) is 0 Å². The van der Waals surface area contributed by atoms with Crippen LogP contribution in [0.3, 0.4) is 0 Å². The van der Waals surface area contributed by atoms with Crippen LogP contribution in [-0.2, 0) is 6.18 Å². The molecule has 0 radical (unpaired) electrons. The van der Waals surface area contributed by atoms with Crippen LogP contribution in [0, 0.1) is 0 Å². The monoisotopic (exact) mass is 357 g/mol. The first-order valence-corrected chi connectivity index (χ1v) is 8.16. The number of para-hydroxylation sites is 1. The second-order valence-electron chi connectivity index (χ2n) is 6.04. The van der Waals surface area contributed by atoms with Crippen LogP contribution < -0.4 is 5.32 Å². The van der Waals surface area contributed by atoms with Crippen molar-refractivity contribution in [2.24, 2.45) is 0 Å². The quantitative estimate of drug-likeness (QED) is 0.585. The Labute approximate surface area is 149 Å². The minimum Gasteiger partial charge on any atom is -0.389 e. The molecule has 3 rings (SSSR count). The van der Waals surface area contributed by atoms with Gasteiger partial charge in [0.2, 0.25) is 0 Å². The van der Waals surface area contributed by atoms with Gasteiger partial charge in [-0.2, -0.15) is 13.2 Å². The second-order valence-corrected chi connectivity index (χ2v) is 6.04. The van der Waals surface area contributed by atoms with E-state index in [2.05, 4.69) is 5.32 Å². The number of halogens is 3. The third-order valence-electron chi connectivity index (χ3n) is 4.12. The van der Waals surface area contributed by atoms with E-state index in [1.165, 1.54) is 12.1 Å². The lowest BCUT2D eigenvalue weighted by Crippen LogP contribution is -2.04. The zero-order valence-corrected chi connectivity index (χ0v) is 14.1. The number of aliphatic hydroxyl groups excluding tert-OH is 1. The highest BCUT2D eigenvalue weighted by Gasteiger charge is 2.29. The molecule has 26 heavy (non-hydrogen) atoms. The molecule has 0 spiro atoms. The maximum atomic E-state index is 12.7. The van der Waals surface area contributed by atoms with Crippen LogP contribution in [-0.4, -0.2) is 5.11 Å². The molecular weight excluding hydrogens is 339 g/mol. The van der Waals surface area contributed by atoms with Crippen molar-refractivity contribution >= 4 is 11.4 Å². The molecule has 3 aromatic carbocycles. The van der Waals surface area contributed by atoms with Crippen LogP contribution in [0.15, 0.2) is 72.8 Å². The largest absolute Gasteiger partial charge is 0.416 e. The third-order valence-corrected chi connectivity index (χ3v) is 4.12. The molecule has 0 aliphatic rings. The van der Waals surface area contributed by atoms with Gasteiger partial charge in [0.05, 0.1) is 11.7 Å². The maximum absolute atomic E-state index is 12.7. The average molecular weight is 357 g/mol. The smallest absolute Gasteiger partial charge is 0.389 e. The van der Waals surface area contributed by atoms with E-state index < -0.39 is 17.8 Å². The highest BCUT2D eigenvalue weighted by atomic mass is 19.4. The number of rotatable bonds is 4. The van der Waals surface area contributed by atoms with Crippen molar-refractivity contribution in [2.75, 3.05) is 5.32 Å². The van der Waals surface area contributed by atoms with Gasteiger partial charge in [-0.1, -0.05) is 42.5 Å². The first-order valence-electron chi connectivity index (χ1n) is 8.16. The Kier molecular flexibility index (Phi) is 5.00. The molecule has 0 heterocycles. The van der Waals surface area contributed by atoms with Gasteiger partial charge in [0.1, 0.15) is 0 Å². The molecule has 1 atom stereocenters. The fourth-order valence-electron chi connectivity index (χ4n) is 2.68. The fourth-order valence-corrected chi connectivity index (χ4v) is 2.68. The summed E-state index contributed by atoms with van der Waals surface area (Å²) < 4.78 is 38.0. The summed E-state index contributed by atoms with van der Waals surface area (Å²) in [6.45, 7) is 1.70. The third kappa shape index (κ3) is 4.06. The summed E-state index contributed by atoms with van der Waals surface area (Å²) in [5.74, 6) is 0. The van der Waals surface area contributed by atoms with E-state index in [1.807, 2.05) is 48.5 Å². The zero-order chi connectivity index (χ0) is 18.7. The van der Waals surface area contributed by atoms with Gasteiger partial charge in [-0.15, -0.1) is 0 Å². The predicted octanol–water partition coefficient (Wildman–Crippen LogP) is 6.17. The Bertz CT molecular complexity index is 869. The summed E-state index contributed by atoms with van der Waals surface area (Å²) in [4.78, 5) is 0. The molecule has 2 nitrogen and oxygen atoms in total. The van der Waals surface area contributed by atoms with Crippen LogP contribution >= 0.6 is 0 Å². The Morgan fingerprint density at radius 3 is 2.04 bits per heavy atom. The maximum Gasteiger partial charge on any atom is 0.416 e. The molecule has 0 fully saturated rings. The summed E-state index contributed by atoms with van der Waals surface area (Å²) in [6, 6.07) is 20.0. The molecule has 5 heteroatoms. The summed E-state index contributed by atoms with van der Waals surface area (Å²) in [7, 11) is 0. The van der Waals surface area contributed by atoms with Crippen molar-refractivity contribution in [3.8, 4) is 11.1 Å². The molecule has 134 valence electrons. The second kappa shape index (κ2) is 7.22. The van der Waals surface area contributed by atoms with Crippen molar-refractivity contribution in [3.63, 3.8) is 0 Å². The first-order chi connectivity index (χ1) is 12.3. The number of benzene rings is 3. The van der Waals surface area contributed by atoms with Gasteiger partial charge in [-0.05, 0) is 48.4 Å². The molecule has 0 saturated heterocycles. The topological polar surface area (TPSA) is 32.3 Å². The lowest BCUT2D eigenvalue weighted by molar-refractivity contribution is -0.137. The van der Waals surface area contributed by atoms with Gasteiger partial charge in [-0.3, -0.25) is 0 Å².